The zero-order chi connectivity index (χ0) is 11.4. The van der Waals surface area contributed by atoms with Crippen molar-refractivity contribution in [1.82, 2.24) is 5.06 Å². The highest BCUT2D eigenvalue weighted by atomic mass is 16.7. The van der Waals surface area contributed by atoms with Crippen molar-refractivity contribution in [3.8, 4) is 0 Å². The SMILES string of the molecule is CC(N)C(=O)CON1CCC[C@H]1C(=O)O. The van der Waals surface area contributed by atoms with E-state index < -0.39 is 18.1 Å². The van der Waals surface area contributed by atoms with Gasteiger partial charge in [0.2, 0.25) is 0 Å². The molecule has 0 spiro atoms. The first-order valence-electron chi connectivity index (χ1n) is 4.93. The van der Waals surface area contributed by atoms with E-state index in [4.69, 9.17) is 15.7 Å². The monoisotopic (exact) mass is 216 g/mol. The lowest BCUT2D eigenvalue weighted by molar-refractivity contribution is -0.188. The number of carboxylic acids is 1. The second-order valence-electron chi connectivity index (χ2n) is 3.67. The third-order valence-corrected chi connectivity index (χ3v) is 2.37. The lowest BCUT2D eigenvalue weighted by atomic mass is 10.2. The first-order chi connectivity index (χ1) is 7.02. The number of nitrogens with two attached hydrogens (primary N) is 1. The summed E-state index contributed by atoms with van der Waals surface area (Å²) in [5.74, 6) is -1.15. The Balaban J connectivity index is 2.38. The van der Waals surface area contributed by atoms with E-state index >= 15 is 0 Å². The summed E-state index contributed by atoms with van der Waals surface area (Å²) >= 11 is 0. The molecule has 86 valence electrons. The fourth-order valence-corrected chi connectivity index (χ4v) is 1.42. The van der Waals surface area contributed by atoms with Gasteiger partial charge in [0, 0.05) is 6.54 Å². The third-order valence-electron chi connectivity index (χ3n) is 2.37. The third kappa shape index (κ3) is 3.26. The average Bonchev–Trinajstić information content (AvgIpc) is 2.61. The van der Waals surface area contributed by atoms with Crippen LogP contribution in [0, 0.1) is 0 Å². The molecule has 1 heterocycles. The molecule has 0 aromatic heterocycles. The fraction of sp³-hybridized carbons (Fsp3) is 0.778. The number of carbonyl (C=O) groups excluding carboxylic acids is 1. The van der Waals surface area contributed by atoms with Crippen molar-refractivity contribution < 1.29 is 19.5 Å². The minimum absolute atomic E-state index is 0.151. The van der Waals surface area contributed by atoms with E-state index in [0.717, 1.165) is 6.42 Å². The Morgan fingerprint density at radius 1 is 1.67 bits per heavy atom. The number of rotatable bonds is 5. The summed E-state index contributed by atoms with van der Waals surface area (Å²) in [4.78, 5) is 27.0. The lowest BCUT2D eigenvalue weighted by Gasteiger charge is -2.20. The summed E-state index contributed by atoms with van der Waals surface area (Å²) in [7, 11) is 0. The smallest absolute Gasteiger partial charge is 0.323 e. The maximum Gasteiger partial charge on any atom is 0.323 e. The summed E-state index contributed by atoms with van der Waals surface area (Å²) < 4.78 is 0. The molecule has 0 saturated carbocycles. The van der Waals surface area contributed by atoms with E-state index in [1.54, 1.807) is 6.92 Å². The van der Waals surface area contributed by atoms with Crippen molar-refractivity contribution in [3.63, 3.8) is 0 Å². The Kier molecular flexibility index (Phi) is 4.19. The number of aliphatic carboxylic acids is 1. The molecule has 0 aliphatic carbocycles. The maximum atomic E-state index is 11.2. The molecule has 1 saturated heterocycles. The molecule has 0 radical (unpaired) electrons. The van der Waals surface area contributed by atoms with Crippen LogP contribution in [0.4, 0.5) is 0 Å². The van der Waals surface area contributed by atoms with Gasteiger partial charge < -0.3 is 10.8 Å². The second kappa shape index (κ2) is 5.20. The number of carboxylic acid groups (broad SMARTS) is 1. The highest BCUT2D eigenvalue weighted by Gasteiger charge is 2.31. The number of hydrogen-bond acceptors (Lipinski definition) is 5. The van der Waals surface area contributed by atoms with Crippen molar-refractivity contribution in [2.24, 2.45) is 5.73 Å². The highest BCUT2D eigenvalue weighted by Crippen LogP contribution is 2.17. The molecular weight excluding hydrogens is 200 g/mol. The van der Waals surface area contributed by atoms with Crippen LogP contribution in [0.15, 0.2) is 0 Å². The van der Waals surface area contributed by atoms with Gasteiger partial charge in [0.25, 0.3) is 0 Å². The Hall–Kier alpha value is -0.980. The molecular formula is C9H16N2O4. The van der Waals surface area contributed by atoms with Crippen LogP contribution in [0.3, 0.4) is 0 Å². The number of nitrogens with zero attached hydrogens (tertiary/aromatic N) is 1. The van der Waals surface area contributed by atoms with Gasteiger partial charge in [-0.2, -0.15) is 5.06 Å². The van der Waals surface area contributed by atoms with Crippen LogP contribution in [-0.2, 0) is 14.4 Å². The standard InChI is InChI=1S/C9H16N2O4/c1-6(10)8(12)5-15-11-4-2-3-7(11)9(13)14/h6-7H,2-5,10H2,1H3,(H,13,14)/t6?,7-/m0/s1. The van der Waals surface area contributed by atoms with Gasteiger partial charge in [0.1, 0.15) is 12.6 Å². The molecule has 1 unspecified atom stereocenters. The Morgan fingerprint density at radius 3 is 2.87 bits per heavy atom. The molecule has 0 amide bonds. The van der Waals surface area contributed by atoms with Crippen LogP contribution in [0.25, 0.3) is 0 Å². The topological polar surface area (TPSA) is 92.9 Å². The number of hydrogen-bond donors (Lipinski definition) is 2. The molecule has 0 bridgehead atoms. The molecule has 1 aliphatic heterocycles. The molecule has 15 heavy (non-hydrogen) atoms. The van der Waals surface area contributed by atoms with Gasteiger partial charge in [0.15, 0.2) is 5.78 Å². The molecule has 1 rings (SSSR count). The first kappa shape index (κ1) is 12.1. The van der Waals surface area contributed by atoms with E-state index in [9.17, 15) is 9.59 Å². The quantitative estimate of drug-likeness (QED) is 0.636. The Labute approximate surface area is 87.9 Å². The second-order valence-corrected chi connectivity index (χ2v) is 3.67. The van der Waals surface area contributed by atoms with E-state index in [-0.39, 0.29) is 12.4 Å². The number of Topliss-reactive ketones (excluding diaryl/α,β-unsaturated/α-hetero) is 1. The zero-order valence-electron chi connectivity index (χ0n) is 8.68. The van der Waals surface area contributed by atoms with Crippen molar-refractivity contribution in [3.05, 3.63) is 0 Å². The largest absolute Gasteiger partial charge is 0.480 e. The lowest BCUT2D eigenvalue weighted by Crippen LogP contribution is -2.39. The van der Waals surface area contributed by atoms with Crippen LogP contribution in [0.2, 0.25) is 0 Å². The molecule has 6 nitrogen and oxygen atoms in total. The molecule has 0 aromatic carbocycles. The fourth-order valence-electron chi connectivity index (χ4n) is 1.42. The van der Waals surface area contributed by atoms with E-state index in [1.807, 2.05) is 0 Å². The van der Waals surface area contributed by atoms with Gasteiger partial charge in [-0.15, -0.1) is 0 Å². The first-order valence-corrected chi connectivity index (χ1v) is 4.93. The van der Waals surface area contributed by atoms with Gasteiger partial charge in [0.05, 0.1) is 6.04 Å². The number of hydroxylamine groups is 2. The van der Waals surface area contributed by atoms with Crippen molar-refractivity contribution >= 4 is 11.8 Å². The van der Waals surface area contributed by atoms with Gasteiger partial charge in [-0.3, -0.25) is 14.4 Å². The predicted octanol–water partition coefficient (Wildman–Crippen LogP) is -0.617. The predicted molar refractivity (Wildman–Crippen MR) is 52.0 cm³/mol. The highest BCUT2D eigenvalue weighted by molar-refractivity contribution is 5.84. The Bertz CT molecular complexity index is 254. The number of ketones is 1. The average molecular weight is 216 g/mol. The van der Waals surface area contributed by atoms with Crippen LogP contribution >= 0.6 is 0 Å². The van der Waals surface area contributed by atoms with Crippen molar-refractivity contribution in [2.75, 3.05) is 13.2 Å². The van der Waals surface area contributed by atoms with Crippen molar-refractivity contribution in [1.29, 1.82) is 0 Å². The van der Waals surface area contributed by atoms with Crippen LogP contribution in [0.5, 0.6) is 0 Å². The molecule has 2 atom stereocenters. The van der Waals surface area contributed by atoms with Gasteiger partial charge in [-0.1, -0.05) is 0 Å². The van der Waals surface area contributed by atoms with Crippen molar-refractivity contribution in [2.45, 2.75) is 31.8 Å². The molecule has 3 N–H and O–H groups in total. The number of carbonyl (C=O) groups is 2. The summed E-state index contributed by atoms with van der Waals surface area (Å²) in [5, 5.41) is 10.2. The molecule has 6 heteroatoms. The summed E-state index contributed by atoms with van der Waals surface area (Å²) in [5.41, 5.74) is 5.35. The maximum absolute atomic E-state index is 11.2. The zero-order valence-corrected chi connectivity index (χ0v) is 8.68. The van der Waals surface area contributed by atoms with Crippen LogP contribution in [-0.4, -0.2) is 47.2 Å². The Morgan fingerprint density at radius 2 is 2.33 bits per heavy atom. The molecule has 1 fully saturated rings. The molecule has 1 aliphatic rings. The minimum atomic E-state index is -0.916. The summed E-state index contributed by atoms with van der Waals surface area (Å²) in [6.45, 7) is 1.97. The van der Waals surface area contributed by atoms with E-state index in [0.29, 0.717) is 13.0 Å². The van der Waals surface area contributed by atoms with Gasteiger partial charge >= 0.3 is 5.97 Å². The van der Waals surface area contributed by atoms with Crippen LogP contribution < -0.4 is 5.73 Å². The van der Waals surface area contributed by atoms with E-state index in [2.05, 4.69) is 0 Å². The normalized spacial score (nSPS) is 24.0. The summed E-state index contributed by atoms with van der Waals surface area (Å²) in [6.07, 6.45) is 1.32. The molecule has 0 aromatic rings. The minimum Gasteiger partial charge on any atom is -0.480 e. The van der Waals surface area contributed by atoms with Crippen LogP contribution in [0.1, 0.15) is 19.8 Å². The van der Waals surface area contributed by atoms with Gasteiger partial charge in [-0.05, 0) is 19.8 Å². The van der Waals surface area contributed by atoms with Gasteiger partial charge in [-0.25, -0.2) is 0 Å². The summed E-state index contributed by atoms with van der Waals surface area (Å²) in [6, 6.07) is -1.21. The van der Waals surface area contributed by atoms with E-state index in [1.165, 1.54) is 5.06 Å².